The summed E-state index contributed by atoms with van der Waals surface area (Å²) in [7, 11) is 0. The van der Waals surface area contributed by atoms with E-state index in [9.17, 15) is 0 Å². The Morgan fingerprint density at radius 1 is 0.727 bits per heavy atom. The largest absolute Gasteiger partial charge is 0.382 e. The summed E-state index contributed by atoms with van der Waals surface area (Å²) in [6, 6.07) is 26.8. The summed E-state index contributed by atoms with van der Waals surface area (Å²) < 4.78 is 0. The molecule has 164 valence electrons. The molecule has 1 aliphatic carbocycles. The van der Waals surface area contributed by atoms with E-state index in [4.69, 9.17) is 4.98 Å². The van der Waals surface area contributed by atoms with Gasteiger partial charge in [0.05, 0.1) is 17.4 Å². The van der Waals surface area contributed by atoms with Gasteiger partial charge in [-0.2, -0.15) is 0 Å². The summed E-state index contributed by atoms with van der Waals surface area (Å²) in [4.78, 5) is 4.88. The van der Waals surface area contributed by atoms with E-state index in [1.54, 1.807) is 0 Å². The van der Waals surface area contributed by atoms with Crippen LogP contribution in [0.3, 0.4) is 0 Å². The van der Waals surface area contributed by atoms with Crippen molar-refractivity contribution in [1.29, 1.82) is 0 Å². The third kappa shape index (κ3) is 4.00. The molecule has 0 spiro atoms. The molecule has 1 fully saturated rings. The van der Waals surface area contributed by atoms with E-state index in [1.165, 1.54) is 70.3 Å². The highest BCUT2D eigenvalue weighted by atomic mass is 14.9. The molecule has 1 aliphatic rings. The van der Waals surface area contributed by atoms with Crippen molar-refractivity contribution in [1.82, 2.24) is 4.98 Å². The molecule has 3 nitrogen and oxygen atoms in total. The van der Waals surface area contributed by atoms with Crippen molar-refractivity contribution in [2.75, 3.05) is 10.6 Å². The van der Waals surface area contributed by atoms with Crippen molar-refractivity contribution in [2.24, 2.45) is 0 Å². The number of nitrogens with one attached hydrogen (secondary N) is 2. The molecule has 0 aliphatic heterocycles. The lowest BCUT2D eigenvalue weighted by Gasteiger charge is -2.25. The zero-order valence-electron chi connectivity index (χ0n) is 19.1. The van der Waals surface area contributed by atoms with Gasteiger partial charge in [-0.15, -0.1) is 0 Å². The molecular weight excluding hydrogens is 402 g/mol. The van der Waals surface area contributed by atoms with Crippen LogP contribution in [0.1, 0.15) is 37.7 Å². The summed E-state index contributed by atoms with van der Waals surface area (Å²) in [5, 5.41) is 13.7. The van der Waals surface area contributed by atoms with Gasteiger partial charge < -0.3 is 10.6 Å². The summed E-state index contributed by atoms with van der Waals surface area (Å²) in [5.74, 6) is 0. The molecule has 1 heterocycles. The average molecular weight is 432 g/mol. The first-order chi connectivity index (χ1) is 16.2. The lowest BCUT2D eigenvalue weighted by atomic mass is 9.94. The van der Waals surface area contributed by atoms with Gasteiger partial charge in [0.2, 0.25) is 0 Å². The third-order valence-electron chi connectivity index (χ3n) is 6.97. The van der Waals surface area contributed by atoms with Crippen molar-refractivity contribution < 1.29 is 0 Å². The van der Waals surface area contributed by atoms with Gasteiger partial charge in [0, 0.05) is 28.2 Å². The number of nitrogens with zero attached hydrogens (tertiary/aromatic N) is 1. The first-order valence-corrected chi connectivity index (χ1v) is 12.1. The van der Waals surface area contributed by atoms with Gasteiger partial charge in [-0.05, 0) is 72.3 Å². The van der Waals surface area contributed by atoms with Crippen molar-refractivity contribution in [3.05, 3.63) is 84.6 Å². The molecule has 33 heavy (non-hydrogen) atoms. The molecule has 0 amide bonds. The highest BCUT2D eigenvalue weighted by Gasteiger charge is 2.16. The summed E-state index contributed by atoms with van der Waals surface area (Å²) >= 11 is 0. The van der Waals surface area contributed by atoms with Gasteiger partial charge in [0.1, 0.15) is 0 Å². The molecule has 5 aromatic rings. The Kier molecular flexibility index (Phi) is 5.10. The standard InChI is InChI=1S/C30H29N3/c1-20-11-13-24(14-12-20)32-25-17-28-26-15-21-7-5-6-8-22(21)16-27(26)30(18-29(28)31-19-25)33-23-9-3-2-4-10-23/h5-8,11-19,23,32-33H,2-4,9-10H2,1H3. The topological polar surface area (TPSA) is 37.0 Å². The van der Waals surface area contributed by atoms with Crippen LogP contribution >= 0.6 is 0 Å². The molecular formula is C30H29N3. The van der Waals surface area contributed by atoms with Gasteiger partial charge >= 0.3 is 0 Å². The number of benzene rings is 4. The van der Waals surface area contributed by atoms with E-state index < -0.39 is 0 Å². The van der Waals surface area contributed by atoms with Gasteiger partial charge in [-0.1, -0.05) is 61.2 Å². The van der Waals surface area contributed by atoms with Crippen LogP contribution in [-0.4, -0.2) is 11.0 Å². The molecule has 4 aromatic carbocycles. The fourth-order valence-electron chi connectivity index (χ4n) is 5.16. The van der Waals surface area contributed by atoms with Crippen LogP contribution in [0.2, 0.25) is 0 Å². The van der Waals surface area contributed by atoms with Crippen LogP contribution in [-0.2, 0) is 0 Å². The predicted molar refractivity (Wildman–Crippen MR) is 142 cm³/mol. The number of fused-ring (bicyclic) bond motifs is 4. The highest BCUT2D eigenvalue weighted by Crippen LogP contribution is 2.37. The Hall–Kier alpha value is -3.59. The Morgan fingerprint density at radius 3 is 2.21 bits per heavy atom. The van der Waals surface area contributed by atoms with E-state index in [1.807, 2.05) is 6.20 Å². The lowest BCUT2D eigenvalue weighted by molar-refractivity contribution is 0.463. The van der Waals surface area contributed by atoms with E-state index in [0.29, 0.717) is 6.04 Å². The zero-order chi connectivity index (χ0) is 22.2. The quantitative estimate of drug-likeness (QED) is 0.222. The lowest BCUT2D eigenvalue weighted by Crippen LogP contribution is -2.22. The first kappa shape index (κ1) is 20.0. The zero-order valence-corrected chi connectivity index (χ0v) is 19.1. The number of hydrogen-bond acceptors (Lipinski definition) is 3. The molecule has 0 radical (unpaired) electrons. The fourth-order valence-corrected chi connectivity index (χ4v) is 5.16. The third-order valence-corrected chi connectivity index (χ3v) is 6.97. The summed E-state index contributed by atoms with van der Waals surface area (Å²) in [5.41, 5.74) is 5.58. The van der Waals surface area contributed by atoms with Crippen molar-refractivity contribution in [3.8, 4) is 0 Å². The Bertz CT molecular complexity index is 1450. The maximum atomic E-state index is 4.88. The smallest absolute Gasteiger partial charge is 0.0730 e. The SMILES string of the molecule is Cc1ccc(Nc2cnc3cc(NC4CCCCC4)c4cc5ccccc5cc4c3c2)cc1. The maximum absolute atomic E-state index is 4.88. The van der Waals surface area contributed by atoms with Crippen LogP contribution < -0.4 is 10.6 Å². The minimum absolute atomic E-state index is 0.549. The van der Waals surface area contributed by atoms with E-state index in [-0.39, 0.29) is 0 Å². The Labute approximate surface area is 194 Å². The van der Waals surface area contributed by atoms with Gasteiger partial charge in [-0.25, -0.2) is 0 Å². The van der Waals surface area contributed by atoms with Crippen molar-refractivity contribution in [2.45, 2.75) is 45.1 Å². The Balaban J connectivity index is 1.50. The van der Waals surface area contributed by atoms with Crippen molar-refractivity contribution >= 4 is 49.5 Å². The number of pyridine rings is 1. The molecule has 0 saturated heterocycles. The summed E-state index contributed by atoms with van der Waals surface area (Å²) in [6.45, 7) is 2.11. The average Bonchev–Trinajstić information content (AvgIpc) is 2.85. The maximum Gasteiger partial charge on any atom is 0.0730 e. The van der Waals surface area contributed by atoms with Crippen LogP contribution in [0.4, 0.5) is 17.1 Å². The van der Waals surface area contributed by atoms with E-state index in [2.05, 4.69) is 90.4 Å². The monoisotopic (exact) mass is 431 g/mol. The van der Waals surface area contributed by atoms with Crippen molar-refractivity contribution in [3.63, 3.8) is 0 Å². The van der Waals surface area contributed by atoms with Gasteiger partial charge in [-0.3, -0.25) is 4.98 Å². The molecule has 3 heteroatoms. The minimum atomic E-state index is 0.549. The number of aromatic nitrogens is 1. The van der Waals surface area contributed by atoms with Gasteiger partial charge in [0.15, 0.2) is 0 Å². The Morgan fingerprint density at radius 2 is 1.45 bits per heavy atom. The van der Waals surface area contributed by atoms with E-state index >= 15 is 0 Å². The number of anilines is 3. The second-order valence-electron chi connectivity index (χ2n) is 9.43. The number of rotatable bonds is 4. The predicted octanol–water partition coefficient (Wildman–Crippen LogP) is 8.34. The highest BCUT2D eigenvalue weighted by molar-refractivity contribution is 6.16. The molecule has 0 unspecified atom stereocenters. The molecule has 1 aromatic heterocycles. The molecule has 6 rings (SSSR count). The van der Waals surface area contributed by atoms with Crippen LogP contribution in [0.15, 0.2) is 79.0 Å². The second-order valence-corrected chi connectivity index (χ2v) is 9.43. The van der Waals surface area contributed by atoms with Crippen LogP contribution in [0.25, 0.3) is 32.4 Å². The van der Waals surface area contributed by atoms with Gasteiger partial charge in [0.25, 0.3) is 0 Å². The molecule has 2 N–H and O–H groups in total. The van der Waals surface area contributed by atoms with Crippen LogP contribution in [0, 0.1) is 6.92 Å². The minimum Gasteiger partial charge on any atom is -0.382 e. The summed E-state index contributed by atoms with van der Waals surface area (Å²) in [6.07, 6.45) is 8.44. The normalized spacial score (nSPS) is 14.7. The second kappa shape index (κ2) is 8.40. The molecule has 1 saturated carbocycles. The fraction of sp³-hybridized carbons (Fsp3) is 0.233. The van der Waals surface area contributed by atoms with Crippen LogP contribution in [0.5, 0.6) is 0 Å². The molecule has 0 atom stereocenters. The first-order valence-electron chi connectivity index (χ1n) is 12.1. The van der Waals surface area contributed by atoms with E-state index in [0.717, 1.165) is 16.9 Å². The molecule has 0 bridgehead atoms. The number of aryl methyl sites for hydroxylation is 1. The number of hydrogen-bond donors (Lipinski definition) is 2.